The van der Waals surface area contributed by atoms with Crippen LogP contribution < -0.4 is 16.5 Å². The van der Waals surface area contributed by atoms with Crippen molar-refractivity contribution in [3.8, 4) is 5.75 Å². The minimum absolute atomic E-state index is 0.0678. The molecule has 2 atom stereocenters. The van der Waals surface area contributed by atoms with Crippen LogP contribution >= 0.6 is 35.1 Å². The second-order valence-electron chi connectivity index (χ2n) is 8.98. The molecule has 1 saturated heterocycles. The fourth-order valence-corrected chi connectivity index (χ4v) is 7.13. The summed E-state index contributed by atoms with van der Waals surface area (Å²) < 4.78 is 7.15. The van der Waals surface area contributed by atoms with Crippen LogP contribution in [0, 0.1) is 6.92 Å². The minimum atomic E-state index is -1.28. The van der Waals surface area contributed by atoms with Crippen LogP contribution in [0.25, 0.3) is 0 Å². The zero-order valence-electron chi connectivity index (χ0n) is 22.4. The maximum Gasteiger partial charge on any atom is 0.352 e. The van der Waals surface area contributed by atoms with Gasteiger partial charge in [-0.25, -0.2) is 9.48 Å². The lowest BCUT2D eigenvalue weighted by molar-refractivity contribution is -0.150. The Bertz CT molecular complexity index is 1720. The molecule has 5 rings (SSSR count). The van der Waals surface area contributed by atoms with E-state index in [-0.39, 0.29) is 39.6 Å². The second-order valence-corrected chi connectivity index (χ2v) is 11.8. The number of anilines is 1. The smallest absolute Gasteiger partial charge is 0.352 e. The number of aromatic nitrogens is 7. The molecule has 5 heterocycles. The first-order valence-electron chi connectivity index (χ1n) is 12.3. The van der Waals surface area contributed by atoms with Crippen LogP contribution in [-0.2, 0) is 32.3 Å². The minimum Gasteiger partial charge on any atom is -0.503 e. The van der Waals surface area contributed by atoms with Gasteiger partial charge >= 0.3 is 5.97 Å². The molecule has 0 unspecified atom stereocenters. The number of nitrogens with one attached hydrogen (secondary N) is 1. The number of hydrogen-bond acceptors (Lipinski definition) is 16. The van der Waals surface area contributed by atoms with E-state index < -0.39 is 34.6 Å². The first kappa shape index (κ1) is 30.0. The number of tetrazole rings is 1. The Morgan fingerprint density at radius 2 is 2.12 bits per heavy atom. The second kappa shape index (κ2) is 12.4. The van der Waals surface area contributed by atoms with Gasteiger partial charge in [-0.3, -0.25) is 19.3 Å². The zero-order valence-corrected chi connectivity index (χ0v) is 24.9. The number of pyridine rings is 1. The molecule has 0 radical (unpaired) electrons. The van der Waals surface area contributed by atoms with E-state index in [9.17, 15) is 29.4 Å². The quantitative estimate of drug-likeness (QED) is 0.0830. The fourth-order valence-electron chi connectivity index (χ4n) is 4.31. The summed E-state index contributed by atoms with van der Waals surface area (Å²) in [6.07, 6.45) is 1.56. The van der Waals surface area contributed by atoms with Gasteiger partial charge in [0.1, 0.15) is 24.2 Å². The summed E-state index contributed by atoms with van der Waals surface area (Å²) in [6, 6.07) is 0.251. The van der Waals surface area contributed by atoms with Gasteiger partial charge in [0.2, 0.25) is 22.1 Å². The lowest BCUT2D eigenvalue weighted by Crippen LogP contribution is -2.71. The van der Waals surface area contributed by atoms with E-state index in [1.165, 1.54) is 41.4 Å². The van der Waals surface area contributed by atoms with Crippen molar-refractivity contribution in [2.24, 2.45) is 5.16 Å². The van der Waals surface area contributed by atoms with Crippen LogP contribution in [0.5, 0.6) is 5.75 Å². The number of carbonyl (C=O) groups is 3. The van der Waals surface area contributed by atoms with E-state index in [1.807, 2.05) is 0 Å². The van der Waals surface area contributed by atoms with Crippen molar-refractivity contribution in [1.29, 1.82) is 0 Å². The van der Waals surface area contributed by atoms with Crippen LogP contribution in [0.4, 0.5) is 5.13 Å². The van der Waals surface area contributed by atoms with Gasteiger partial charge < -0.3 is 30.7 Å². The molecular formula is C22H23N11O7S3. The molecule has 3 aromatic heterocycles. The molecule has 0 aromatic carbocycles. The zero-order chi connectivity index (χ0) is 30.8. The summed E-state index contributed by atoms with van der Waals surface area (Å²) in [6.45, 7) is 2.29. The molecule has 3 aromatic rings. The highest BCUT2D eigenvalue weighted by atomic mass is 32.2. The highest BCUT2D eigenvalue weighted by molar-refractivity contribution is 8.01. The van der Waals surface area contributed by atoms with Crippen molar-refractivity contribution in [3.63, 3.8) is 0 Å². The summed E-state index contributed by atoms with van der Waals surface area (Å²) in [5.41, 5.74) is 5.57. The van der Waals surface area contributed by atoms with E-state index in [2.05, 4.69) is 35.4 Å². The summed E-state index contributed by atoms with van der Waals surface area (Å²) in [5.74, 6) is -2.60. The number of carbonyl (C=O) groups excluding carboxylic acids is 2. The third-order valence-corrected chi connectivity index (χ3v) is 9.35. The first-order chi connectivity index (χ1) is 20.6. The topological polar surface area (TPSA) is 246 Å². The molecule has 43 heavy (non-hydrogen) atoms. The summed E-state index contributed by atoms with van der Waals surface area (Å²) in [4.78, 5) is 59.7. The van der Waals surface area contributed by atoms with Gasteiger partial charge in [0.15, 0.2) is 10.9 Å². The Kier molecular flexibility index (Phi) is 8.64. The van der Waals surface area contributed by atoms with Crippen molar-refractivity contribution in [2.45, 2.75) is 36.6 Å². The van der Waals surface area contributed by atoms with Gasteiger partial charge in [-0.15, -0.1) is 16.9 Å². The van der Waals surface area contributed by atoms with Gasteiger partial charge in [0.05, 0.1) is 12.2 Å². The molecular weight excluding hydrogens is 627 g/mol. The van der Waals surface area contributed by atoms with Gasteiger partial charge in [0.25, 0.3) is 11.8 Å². The van der Waals surface area contributed by atoms with Crippen LogP contribution in [0.3, 0.4) is 0 Å². The number of nitrogens with zero attached hydrogens (tertiary/aromatic N) is 9. The number of nitrogen functional groups attached to an aromatic ring is 1. The highest BCUT2D eigenvalue weighted by Crippen LogP contribution is 2.41. The number of oxime groups is 1. The van der Waals surface area contributed by atoms with Crippen LogP contribution in [0.2, 0.25) is 0 Å². The Morgan fingerprint density at radius 3 is 2.81 bits per heavy atom. The van der Waals surface area contributed by atoms with Crippen molar-refractivity contribution >= 4 is 63.7 Å². The standard InChI is InChI=1S/C22H23N11O7S3/c1-9-15(35)11(34)3-4-31(9)5-6-32-22(26-29-30-32)42-8-10-7-41-19-13(18(37)33(19)14(10)20(38)39)24-17(36)12(27-40-2)16-25-21(23)43-28-16/h3-4,13,19,35H,5-8H2,1-2H3,(H,24,36)(H,38,39)(H2,23,25,28)/b27-12-/t13-,19+/m1/s1. The number of thioether (sulfide) groups is 2. The maximum absolute atomic E-state index is 13.1. The highest BCUT2D eigenvalue weighted by Gasteiger charge is 2.54. The van der Waals surface area contributed by atoms with E-state index in [4.69, 9.17) is 10.6 Å². The van der Waals surface area contributed by atoms with Crippen LogP contribution in [0.15, 0.2) is 38.6 Å². The lowest BCUT2D eigenvalue weighted by atomic mass is 10.0. The molecule has 226 valence electrons. The van der Waals surface area contributed by atoms with Crippen molar-refractivity contribution in [3.05, 3.63) is 45.3 Å². The number of carboxylic acids is 1. The third-order valence-electron chi connectivity index (χ3n) is 6.43. The number of amides is 2. The van der Waals surface area contributed by atoms with Crippen molar-refractivity contribution in [1.82, 2.24) is 44.3 Å². The molecule has 2 aliphatic heterocycles. The maximum atomic E-state index is 13.1. The Morgan fingerprint density at radius 1 is 1.33 bits per heavy atom. The van der Waals surface area contributed by atoms with E-state index >= 15 is 0 Å². The molecule has 0 saturated carbocycles. The SMILES string of the molecule is CO/N=C(\C(=O)N[C@@H]1C(=O)N2C(C(=O)O)=C(CSc3nnnn3CCn3ccc(=O)c(O)c3C)CS[C@@H]12)c1nsc(N)n1. The largest absolute Gasteiger partial charge is 0.503 e. The first-order valence-corrected chi connectivity index (χ1v) is 15.1. The Labute approximate surface area is 254 Å². The summed E-state index contributed by atoms with van der Waals surface area (Å²) in [5, 5.41) is 37.7. The monoisotopic (exact) mass is 649 g/mol. The van der Waals surface area contributed by atoms with Gasteiger partial charge in [-0.1, -0.05) is 16.9 Å². The molecule has 21 heteroatoms. The van der Waals surface area contributed by atoms with Gasteiger partial charge in [-0.05, 0) is 22.9 Å². The number of hydrogen-bond donors (Lipinski definition) is 4. The average Bonchev–Trinajstić information content (AvgIpc) is 3.63. The van der Waals surface area contributed by atoms with E-state index in [1.54, 1.807) is 17.7 Å². The molecule has 1 fully saturated rings. The summed E-state index contributed by atoms with van der Waals surface area (Å²) in [7, 11) is 1.23. The molecule has 0 bridgehead atoms. The molecule has 0 aliphatic carbocycles. The number of aliphatic carboxylic acids is 1. The number of fused-ring (bicyclic) bond motifs is 1. The van der Waals surface area contributed by atoms with Crippen LogP contribution in [0.1, 0.15) is 11.5 Å². The predicted molar refractivity (Wildman–Crippen MR) is 153 cm³/mol. The van der Waals surface area contributed by atoms with Crippen molar-refractivity contribution in [2.75, 3.05) is 24.3 Å². The normalized spacial score (nSPS) is 18.3. The average molecular weight is 650 g/mol. The molecule has 18 nitrogen and oxygen atoms in total. The number of β-lactam (4-membered cyclic amide) rings is 1. The Hall–Kier alpha value is -4.50. The third kappa shape index (κ3) is 5.90. The van der Waals surface area contributed by atoms with Gasteiger partial charge in [0, 0.05) is 41.8 Å². The van der Waals surface area contributed by atoms with Crippen LogP contribution in [-0.4, -0.2) is 103 Å². The number of aryl methyl sites for hydroxylation is 2. The van der Waals surface area contributed by atoms with E-state index in [0.717, 1.165) is 16.4 Å². The number of nitrogens with two attached hydrogens (primary N) is 1. The van der Waals surface area contributed by atoms with E-state index in [0.29, 0.717) is 29.5 Å². The lowest BCUT2D eigenvalue weighted by Gasteiger charge is -2.49. The fraction of sp³-hybridized carbons (Fsp3) is 0.364. The summed E-state index contributed by atoms with van der Waals surface area (Å²) >= 11 is 3.35. The Balaban J connectivity index is 1.26. The predicted octanol–water partition coefficient (Wildman–Crippen LogP) is -1.14. The van der Waals surface area contributed by atoms with Crippen molar-refractivity contribution < 1.29 is 29.4 Å². The van der Waals surface area contributed by atoms with Gasteiger partial charge in [-0.2, -0.15) is 9.36 Å². The number of carboxylic acid groups (broad SMARTS) is 1. The number of aromatic hydroxyl groups is 1. The molecule has 2 amide bonds. The molecule has 0 spiro atoms. The molecule has 5 N–H and O–H groups in total. The molecule has 2 aliphatic rings. The number of rotatable bonds is 11.